The van der Waals surface area contributed by atoms with Crippen LogP contribution in [-0.2, 0) is 4.74 Å². The van der Waals surface area contributed by atoms with Crippen molar-refractivity contribution in [3.05, 3.63) is 0 Å². The molecule has 15 heavy (non-hydrogen) atoms. The number of rotatable bonds is 6. The first-order valence-electron chi connectivity index (χ1n) is 5.43. The maximum atomic E-state index is 10.7. The van der Waals surface area contributed by atoms with Crippen LogP contribution in [0.1, 0.15) is 33.6 Å². The van der Waals surface area contributed by atoms with E-state index in [1.165, 1.54) is 0 Å². The van der Waals surface area contributed by atoms with Crippen molar-refractivity contribution in [2.75, 3.05) is 26.5 Å². The van der Waals surface area contributed by atoms with Gasteiger partial charge in [0.15, 0.2) is 0 Å². The highest BCUT2D eigenvalue weighted by Gasteiger charge is 1.93. The monoisotopic (exact) mass is 220 g/mol. The third-order valence-electron chi connectivity index (χ3n) is 1.37. The van der Waals surface area contributed by atoms with Gasteiger partial charge in [0.2, 0.25) is 0 Å². The Morgan fingerprint density at radius 3 is 1.80 bits per heavy atom. The van der Waals surface area contributed by atoms with Gasteiger partial charge in [0.1, 0.15) is 6.79 Å². The van der Waals surface area contributed by atoms with E-state index < -0.39 is 0 Å². The molecule has 0 aliphatic carbocycles. The SMILES string of the molecule is CCCNC(=O)NCCC.CCOCO. The van der Waals surface area contributed by atoms with Crippen molar-refractivity contribution in [3.63, 3.8) is 0 Å². The number of carbonyl (C=O) groups excluding carboxylic acids is 1. The maximum absolute atomic E-state index is 10.7. The van der Waals surface area contributed by atoms with E-state index in [2.05, 4.69) is 15.4 Å². The van der Waals surface area contributed by atoms with Gasteiger partial charge >= 0.3 is 6.03 Å². The molecule has 0 radical (unpaired) electrons. The predicted octanol–water partition coefficient (Wildman–Crippen LogP) is 1.08. The largest absolute Gasteiger partial charge is 0.371 e. The minimum absolute atomic E-state index is 0.0521. The summed E-state index contributed by atoms with van der Waals surface area (Å²) in [5.74, 6) is 0. The molecule has 0 fully saturated rings. The van der Waals surface area contributed by atoms with Gasteiger partial charge in [-0.1, -0.05) is 13.8 Å². The van der Waals surface area contributed by atoms with Crippen molar-refractivity contribution in [2.45, 2.75) is 33.6 Å². The Morgan fingerprint density at radius 1 is 1.13 bits per heavy atom. The molecule has 0 spiro atoms. The number of carbonyl (C=O) groups is 1. The average Bonchev–Trinajstić information content (AvgIpc) is 2.25. The van der Waals surface area contributed by atoms with Crippen LogP contribution in [0.4, 0.5) is 4.79 Å². The van der Waals surface area contributed by atoms with Crippen LogP contribution in [0.15, 0.2) is 0 Å². The summed E-state index contributed by atoms with van der Waals surface area (Å²) in [5, 5.41) is 13.3. The summed E-state index contributed by atoms with van der Waals surface area (Å²) in [5.41, 5.74) is 0. The second kappa shape index (κ2) is 15.7. The Bertz CT molecular complexity index is 120. The number of amides is 2. The number of aliphatic hydroxyl groups excluding tert-OH is 1. The summed E-state index contributed by atoms with van der Waals surface area (Å²) in [6.45, 7) is 7.84. The summed E-state index contributed by atoms with van der Waals surface area (Å²) in [6, 6.07) is -0.0521. The molecule has 5 heteroatoms. The molecule has 5 nitrogen and oxygen atoms in total. The fourth-order valence-electron chi connectivity index (χ4n) is 0.631. The normalized spacial score (nSPS) is 8.80. The molecule has 0 aromatic rings. The van der Waals surface area contributed by atoms with E-state index in [0.29, 0.717) is 6.61 Å². The summed E-state index contributed by atoms with van der Waals surface area (Å²) >= 11 is 0. The number of hydrogen-bond donors (Lipinski definition) is 3. The van der Waals surface area contributed by atoms with Gasteiger partial charge in [-0.3, -0.25) is 0 Å². The van der Waals surface area contributed by atoms with E-state index in [1.807, 2.05) is 20.8 Å². The third kappa shape index (κ3) is 19.6. The van der Waals surface area contributed by atoms with Crippen molar-refractivity contribution >= 4 is 6.03 Å². The standard InChI is InChI=1S/C7H16N2O.C3H8O2/c1-3-5-8-7(10)9-6-4-2;1-2-5-3-4/h3-6H2,1-2H3,(H2,8,9,10);4H,2-3H2,1H3. The average molecular weight is 220 g/mol. The minimum atomic E-state index is -0.156. The van der Waals surface area contributed by atoms with E-state index in [0.717, 1.165) is 25.9 Å². The summed E-state index contributed by atoms with van der Waals surface area (Å²) in [7, 11) is 0. The van der Waals surface area contributed by atoms with Crippen molar-refractivity contribution < 1.29 is 14.6 Å². The van der Waals surface area contributed by atoms with E-state index in [4.69, 9.17) is 5.11 Å². The lowest BCUT2D eigenvalue weighted by atomic mass is 10.5. The molecular weight excluding hydrogens is 196 g/mol. The number of ether oxygens (including phenoxy) is 1. The van der Waals surface area contributed by atoms with Crippen LogP contribution in [0.5, 0.6) is 0 Å². The molecule has 0 unspecified atom stereocenters. The second-order valence-corrected chi connectivity index (χ2v) is 2.80. The quantitative estimate of drug-likeness (QED) is 0.587. The summed E-state index contributed by atoms with van der Waals surface area (Å²) < 4.78 is 4.39. The zero-order valence-electron chi connectivity index (χ0n) is 10.0. The fourth-order valence-corrected chi connectivity index (χ4v) is 0.631. The molecule has 92 valence electrons. The molecule has 0 aromatic heterocycles. The lowest BCUT2D eigenvalue weighted by Gasteiger charge is -2.03. The highest BCUT2D eigenvalue weighted by Crippen LogP contribution is 1.72. The molecule has 0 aliphatic heterocycles. The summed E-state index contributed by atoms with van der Waals surface area (Å²) in [6.07, 6.45) is 1.97. The molecule has 2 amide bonds. The lowest BCUT2D eigenvalue weighted by Crippen LogP contribution is -2.36. The molecule has 0 bridgehead atoms. The first-order valence-corrected chi connectivity index (χ1v) is 5.43. The van der Waals surface area contributed by atoms with E-state index >= 15 is 0 Å². The van der Waals surface area contributed by atoms with Gasteiger partial charge in [-0.05, 0) is 19.8 Å². The van der Waals surface area contributed by atoms with Crippen LogP contribution in [0.3, 0.4) is 0 Å². The first-order chi connectivity index (χ1) is 7.22. The topological polar surface area (TPSA) is 70.6 Å². The Balaban J connectivity index is 0. The molecule has 0 saturated heterocycles. The smallest absolute Gasteiger partial charge is 0.314 e. The Labute approximate surface area is 92.2 Å². The highest BCUT2D eigenvalue weighted by atomic mass is 16.6. The van der Waals surface area contributed by atoms with Crippen molar-refractivity contribution in [1.82, 2.24) is 10.6 Å². The molecule has 0 atom stereocenters. The zero-order valence-corrected chi connectivity index (χ0v) is 10.0. The molecule has 0 saturated carbocycles. The van der Waals surface area contributed by atoms with Crippen LogP contribution in [0.25, 0.3) is 0 Å². The van der Waals surface area contributed by atoms with Gasteiger partial charge in [-0.15, -0.1) is 0 Å². The summed E-state index contributed by atoms with van der Waals surface area (Å²) in [4.78, 5) is 10.7. The molecule has 0 aliphatic rings. The van der Waals surface area contributed by atoms with Crippen molar-refractivity contribution in [2.24, 2.45) is 0 Å². The number of hydrogen-bond acceptors (Lipinski definition) is 3. The second-order valence-electron chi connectivity index (χ2n) is 2.80. The van der Waals surface area contributed by atoms with E-state index in [1.54, 1.807) is 0 Å². The van der Waals surface area contributed by atoms with Crippen LogP contribution in [0, 0.1) is 0 Å². The molecule has 3 N–H and O–H groups in total. The van der Waals surface area contributed by atoms with Crippen molar-refractivity contribution in [3.8, 4) is 0 Å². The molecule has 0 rings (SSSR count). The third-order valence-corrected chi connectivity index (χ3v) is 1.37. The number of aliphatic hydroxyl groups is 1. The number of urea groups is 1. The molecule has 0 aromatic carbocycles. The van der Waals surface area contributed by atoms with Crippen LogP contribution in [0.2, 0.25) is 0 Å². The molecule has 0 heterocycles. The Morgan fingerprint density at radius 2 is 1.60 bits per heavy atom. The van der Waals surface area contributed by atoms with Crippen LogP contribution >= 0.6 is 0 Å². The van der Waals surface area contributed by atoms with Crippen LogP contribution in [-0.4, -0.2) is 37.6 Å². The minimum Gasteiger partial charge on any atom is -0.371 e. The van der Waals surface area contributed by atoms with Crippen molar-refractivity contribution in [1.29, 1.82) is 0 Å². The van der Waals surface area contributed by atoms with E-state index in [-0.39, 0.29) is 12.8 Å². The highest BCUT2D eigenvalue weighted by molar-refractivity contribution is 5.73. The van der Waals surface area contributed by atoms with Gasteiger partial charge in [-0.2, -0.15) is 0 Å². The Hall–Kier alpha value is -0.810. The fraction of sp³-hybridized carbons (Fsp3) is 0.900. The van der Waals surface area contributed by atoms with Gasteiger partial charge < -0.3 is 20.5 Å². The Kier molecular flexibility index (Phi) is 17.3. The maximum Gasteiger partial charge on any atom is 0.314 e. The zero-order chi connectivity index (χ0) is 11.9. The number of nitrogens with one attached hydrogen (secondary N) is 2. The van der Waals surface area contributed by atoms with Gasteiger partial charge in [0.05, 0.1) is 0 Å². The van der Waals surface area contributed by atoms with Gasteiger partial charge in [-0.25, -0.2) is 4.79 Å². The lowest BCUT2D eigenvalue weighted by molar-refractivity contribution is 0.00540. The van der Waals surface area contributed by atoms with Gasteiger partial charge in [0.25, 0.3) is 0 Å². The van der Waals surface area contributed by atoms with Gasteiger partial charge in [0, 0.05) is 19.7 Å². The first kappa shape index (κ1) is 16.6. The molecular formula is C10H24N2O3. The van der Waals surface area contributed by atoms with Crippen LogP contribution < -0.4 is 10.6 Å². The predicted molar refractivity (Wildman–Crippen MR) is 60.7 cm³/mol. The van der Waals surface area contributed by atoms with E-state index in [9.17, 15) is 4.79 Å².